The van der Waals surface area contributed by atoms with Crippen molar-refractivity contribution in [1.82, 2.24) is 15.5 Å². The summed E-state index contributed by atoms with van der Waals surface area (Å²) in [4.78, 5) is 47.7. The molecule has 8 nitrogen and oxygen atoms in total. The summed E-state index contributed by atoms with van der Waals surface area (Å²) in [7, 11) is 0. The van der Waals surface area contributed by atoms with Crippen molar-refractivity contribution in [2.75, 3.05) is 0 Å². The van der Waals surface area contributed by atoms with E-state index in [0.717, 1.165) is 5.56 Å². The molecule has 4 amide bonds. The van der Waals surface area contributed by atoms with E-state index in [-0.39, 0.29) is 24.8 Å². The van der Waals surface area contributed by atoms with Gasteiger partial charge in [-0.1, -0.05) is 12.1 Å². The molecule has 0 aromatic heterocycles. The predicted molar refractivity (Wildman–Crippen MR) is 77.4 cm³/mol. The number of hydrogen-bond donors (Lipinski definition) is 3. The lowest BCUT2D eigenvalue weighted by Crippen LogP contribution is -2.52. The van der Waals surface area contributed by atoms with Gasteiger partial charge in [-0.15, -0.1) is 0 Å². The quantitative estimate of drug-likeness (QED) is 0.689. The first-order valence-electron chi connectivity index (χ1n) is 7.19. The number of fused-ring (bicyclic) bond motifs is 1. The Kier molecular flexibility index (Phi) is 3.73. The molecule has 2 aliphatic heterocycles. The van der Waals surface area contributed by atoms with Gasteiger partial charge < -0.3 is 15.3 Å². The molecule has 1 aromatic carbocycles. The van der Waals surface area contributed by atoms with Gasteiger partial charge in [-0.3, -0.25) is 19.7 Å². The molecule has 0 radical (unpaired) electrons. The van der Waals surface area contributed by atoms with Crippen LogP contribution in [0.2, 0.25) is 0 Å². The van der Waals surface area contributed by atoms with Crippen LogP contribution in [0.15, 0.2) is 18.2 Å². The second-order valence-electron chi connectivity index (χ2n) is 5.55. The smallest absolute Gasteiger partial charge is 0.404 e. The molecule has 8 heteroatoms. The molecule has 0 bridgehead atoms. The Morgan fingerprint density at radius 3 is 2.83 bits per heavy atom. The number of benzene rings is 1. The maximum Gasteiger partial charge on any atom is 0.404 e. The number of imide groups is 1. The molecule has 1 atom stereocenters. The maximum absolute atomic E-state index is 12.5. The van der Waals surface area contributed by atoms with Crippen LogP contribution in [0.3, 0.4) is 0 Å². The van der Waals surface area contributed by atoms with Gasteiger partial charge >= 0.3 is 6.09 Å². The fraction of sp³-hybridized carbons (Fsp3) is 0.333. The van der Waals surface area contributed by atoms with Crippen LogP contribution < -0.4 is 10.6 Å². The van der Waals surface area contributed by atoms with Crippen LogP contribution in [0.1, 0.15) is 34.3 Å². The van der Waals surface area contributed by atoms with Gasteiger partial charge in [0.05, 0.1) is 0 Å². The Morgan fingerprint density at radius 1 is 1.35 bits per heavy atom. The molecule has 1 aromatic rings. The van der Waals surface area contributed by atoms with Crippen molar-refractivity contribution in [3.8, 4) is 0 Å². The highest BCUT2D eigenvalue weighted by Crippen LogP contribution is 2.28. The van der Waals surface area contributed by atoms with Crippen LogP contribution in [0.4, 0.5) is 4.79 Å². The summed E-state index contributed by atoms with van der Waals surface area (Å²) in [5.74, 6) is -1.04. The van der Waals surface area contributed by atoms with E-state index in [4.69, 9.17) is 5.11 Å². The first-order chi connectivity index (χ1) is 11.0. The zero-order valence-electron chi connectivity index (χ0n) is 12.2. The Hall–Kier alpha value is -2.90. The van der Waals surface area contributed by atoms with E-state index in [9.17, 15) is 19.2 Å². The number of rotatable bonds is 3. The average molecular weight is 317 g/mol. The topological polar surface area (TPSA) is 116 Å². The number of nitrogens with one attached hydrogen (secondary N) is 2. The summed E-state index contributed by atoms with van der Waals surface area (Å²) >= 11 is 0. The fourth-order valence-electron chi connectivity index (χ4n) is 2.89. The number of carbonyl (C=O) groups is 4. The van der Waals surface area contributed by atoms with Crippen LogP contribution in [0.25, 0.3) is 0 Å². The monoisotopic (exact) mass is 317 g/mol. The number of hydrogen-bond acceptors (Lipinski definition) is 4. The van der Waals surface area contributed by atoms with Crippen molar-refractivity contribution in [1.29, 1.82) is 0 Å². The Bertz CT molecular complexity index is 715. The van der Waals surface area contributed by atoms with Gasteiger partial charge in [-0.2, -0.15) is 0 Å². The first kappa shape index (κ1) is 15.0. The molecule has 3 rings (SSSR count). The summed E-state index contributed by atoms with van der Waals surface area (Å²) in [6.07, 6.45) is -0.607. The minimum Gasteiger partial charge on any atom is -0.465 e. The zero-order chi connectivity index (χ0) is 16.6. The lowest BCUT2D eigenvalue weighted by atomic mass is 10.0. The molecule has 0 spiro atoms. The minimum absolute atomic E-state index is 0.105. The van der Waals surface area contributed by atoms with Crippen molar-refractivity contribution in [3.05, 3.63) is 34.9 Å². The maximum atomic E-state index is 12.5. The zero-order valence-corrected chi connectivity index (χ0v) is 12.2. The van der Waals surface area contributed by atoms with E-state index in [1.807, 2.05) is 0 Å². The fourth-order valence-corrected chi connectivity index (χ4v) is 2.89. The molecule has 1 saturated heterocycles. The highest BCUT2D eigenvalue weighted by molar-refractivity contribution is 6.05. The normalized spacial score (nSPS) is 20.3. The third-order valence-electron chi connectivity index (χ3n) is 4.04. The number of amides is 4. The van der Waals surface area contributed by atoms with Gasteiger partial charge in [-0.25, -0.2) is 4.79 Å². The lowest BCUT2D eigenvalue weighted by molar-refractivity contribution is -0.136. The van der Waals surface area contributed by atoms with E-state index in [1.54, 1.807) is 18.2 Å². The number of piperidine rings is 1. The van der Waals surface area contributed by atoms with Gasteiger partial charge in [0.2, 0.25) is 11.8 Å². The van der Waals surface area contributed by atoms with Crippen LogP contribution in [0.5, 0.6) is 0 Å². The molecule has 0 saturated carbocycles. The van der Waals surface area contributed by atoms with Crippen molar-refractivity contribution < 1.29 is 24.3 Å². The van der Waals surface area contributed by atoms with Crippen LogP contribution in [-0.2, 0) is 22.7 Å². The van der Waals surface area contributed by atoms with Crippen molar-refractivity contribution in [2.45, 2.75) is 32.0 Å². The Balaban J connectivity index is 1.78. The van der Waals surface area contributed by atoms with E-state index < -0.39 is 18.0 Å². The second-order valence-corrected chi connectivity index (χ2v) is 5.55. The second kappa shape index (κ2) is 5.71. The molecule has 2 aliphatic rings. The van der Waals surface area contributed by atoms with E-state index >= 15 is 0 Å². The van der Waals surface area contributed by atoms with E-state index in [1.165, 1.54) is 4.90 Å². The van der Waals surface area contributed by atoms with E-state index in [2.05, 4.69) is 10.6 Å². The molecule has 2 heterocycles. The summed E-state index contributed by atoms with van der Waals surface area (Å²) in [6.45, 7) is 0.418. The number of carboxylic acid groups (broad SMARTS) is 1. The van der Waals surface area contributed by atoms with Crippen molar-refractivity contribution >= 4 is 23.8 Å². The highest BCUT2D eigenvalue weighted by atomic mass is 16.4. The highest BCUT2D eigenvalue weighted by Gasteiger charge is 2.38. The summed E-state index contributed by atoms with van der Waals surface area (Å²) < 4.78 is 0. The summed E-state index contributed by atoms with van der Waals surface area (Å²) in [5.41, 5.74) is 1.93. The Labute approximate surface area is 131 Å². The summed E-state index contributed by atoms with van der Waals surface area (Å²) in [5, 5.41) is 13.1. The van der Waals surface area contributed by atoms with Crippen molar-refractivity contribution in [3.63, 3.8) is 0 Å². The van der Waals surface area contributed by atoms with Crippen LogP contribution >= 0.6 is 0 Å². The van der Waals surface area contributed by atoms with Crippen LogP contribution in [0, 0.1) is 0 Å². The predicted octanol–water partition coefficient (Wildman–Crippen LogP) is 0.215. The molecule has 120 valence electrons. The minimum atomic E-state index is -1.14. The molecule has 1 fully saturated rings. The SMILES string of the molecule is O=C(O)NCc1ccc2c(c1)C(=O)N(C1CCC(=O)NC1=O)C2. The molecule has 23 heavy (non-hydrogen) atoms. The molecular weight excluding hydrogens is 302 g/mol. The molecule has 3 N–H and O–H groups in total. The lowest BCUT2D eigenvalue weighted by Gasteiger charge is -2.29. The molecular formula is C15H15N3O5. The van der Waals surface area contributed by atoms with Crippen LogP contribution in [-0.4, -0.2) is 39.9 Å². The van der Waals surface area contributed by atoms with Gasteiger partial charge in [0.25, 0.3) is 5.91 Å². The van der Waals surface area contributed by atoms with Gasteiger partial charge in [0.15, 0.2) is 0 Å². The Morgan fingerprint density at radius 2 is 2.13 bits per heavy atom. The van der Waals surface area contributed by atoms with Crippen molar-refractivity contribution in [2.24, 2.45) is 0 Å². The van der Waals surface area contributed by atoms with Gasteiger partial charge in [0.1, 0.15) is 6.04 Å². The van der Waals surface area contributed by atoms with E-state index in [0.29, 0.717) is 24.1 Å². The molecule has 0 aliphatic carbocycles. The third-order valence-corrected chi connectivity index (χ3v) is 4.04. The van der Waals surface area contributed by atoms with Gasteiger partial charge in [-0.05, 0) is 23.6 Å². The largest absolute Gasteiger partial charge is 0.465 e. The number of carbonyl (C=O) groups excluding carboxylic acids is 3. The number of nitrogens with zero attached hydrogens (tertiary/aromatic N) is 1. The molecule has 1 unspecified atom stereocenters. The average Bonchev–Trinajstić information content (AvgIpc) is 2.82. The van der Waals surface area contributed by atoms with Gasteiger partial charge in [0, 0.05) is 25.1 Å². The standard InChI is InChI=1S/C15H15N3O5/c19-12-4-3-11(13(20)17-12)18-7-9-2-1-8(6-16-15(22)23)5-10(9)14(18)21/h1-2,5,11,16H,3-4,6-7H2,(H,22,23)(H,17,19,20). The first-order valence-corrected chi connectivity index (χ1v) is 7.19. The third kappa shape index (κ3) is 2.87. The summed E-state index contributed by atoms with van der Waals surface area (Å²) in [6, 6.07) is 4.50.